The van der Waals surface area contributed by atoms with Crippen LogP contribution in [0.2, 0.25) is 0 Å². The van der Waals surface area contributed by atoms with Crippen LogP contribution in [-0.2, 0) is 0 Å². The van der Waals surface area contributed by atoms with E-state index in [0.29, 0.717) is 0 Å². The zero-order valence-corrected chi connectivity index (χ0v) is 13.5. The molecule has 1 heteroatoms. The molecule has 19 heavy (non-hydrogen) atoms. The van der Waals surface area contributed by atoms with Crippen molar-refractivity contribution >= 4 is 0 Å². The minimum Gasteiger partial charge on any atom is -0.393 e. The molecule has 0 aliphatic rings. The molecular formula is C18H37O. The molecule has 0 fully saturated rings. The van der Waals surface area contributed by atoms with Gasteiger partial charge in [-0.2, -0.15) is 0 Å². The van der Waals surface area contributed by atoms with Crippen LogP contribution >= 0.6 is 0 Å². The highest BCUT2D eigenvalue weighted by Crippen LogP contribution is 2.14. The van der Waals surface area contributed by atoms with Gasteiger partial charge in [-0.25, -0.2) is 0 Å². The summed E-state index contributed by atoms with van der Waals surface area (Å²) in [7, 11) is 0. The van der Waals surface area contributed by atoms with Crippen LogP contribution in [-0.4, -0.2) is 11.2 Å². The number of unbranched alkanes of at least 4 members (excludes halogenated alkanes) is 10. The van der Waals surface area contributed by atoms with E-state index in [1.54, 1.807) is 0 Å². The fourth-order valence-electron chi connectivity index (χ4n) is 2.52. The molecule has 0 amide bonds. The van der Waals surface area contributed by atoms with Crippen molar-refractivity contribution in [3.63, 3.8) is 0 Å². The van der Waals surface area contributed by atoms with Gasteiger partial charge in [-0.15, -0.1) is 0 Å². The van der Waals surface area contributed by atoms with E-state index < -0.39 is 0 Å². The summed E-state index contributed by atoms with van der Waals surface area (Å²) < 4.78 is 0. The van der Waals surface area contributed by atoms with Gasteiger partial charge in [0.1, 0.15) is 0 Å². The van der Waals surface area contributed by atoms with Crippen LogP contribution in [0.5, 0.6) is 0 Å². The molecule has 1 nitrogen and oxygen atoms in total. The fourth-order valence-corrected chi connectivity index (χ4v) is 2.52. The van der Waals surface area contributed by atoms with Gasteiger partial charge in [0.15, 0.2) is 0 Å². The summed E-state index contributed by atoms with van der Waals surface area (Å²) in [6.45, 7) is 8.23. The average molecular weight is 269 g/mol. The molecule has 0 rings (SSSR count). The van der Waals surface area contributed by atoms with E-state index in [2.05, 4.69) is 20.8 Å². The molecule has 0 aromatic carbocycles. The molecular weight excluding hydrogens is 232 g/mol. The molecule has 1 atom stereocenters. The highest BCUT2D eigenvalue weighted by Gasteiger charge is 1.97. The monoisotopic (exact) mass is 269 g/mol. The maximum absolute atomic E-state index is 9.03. The Balaban J connectivity index is 2.95. The second-order valence-electron chi connectivity index (χ2n) is 6.51. The van der Waals surface area contributed by atoms with Gasteiger partial charge in [0.2, 0.25) is 0 Å². The van der Waals surface area contributed by atoms with Crippen molar-refractivity contribution in [2.45, 2.75) is 103 Å². The normalized spacial score (nSPS) is 13.1. The van der Waals surface area contributed by atoms with Gasteiger partial charge in [0.25, 0.3) is 0 Å². The summed E-state index contributed by atoms with van der Waals surface area (Å²) in [6, 6.07) is 0. The molecule has 0 bridgehead atoms. The lowest BCUT2D eigenvalue weighted by Gasteiger charge is -2.05. The Labute approximate surface area is 122 Å². The van der Waals surface area contributed by atoms with Crippen LogP contribution in [0.15, 0.2) is 0 Å². The maximum Gasteiger partial charge on any atom is 0.0541 e. The predicted octanol–water partition coefficient (Wildman–Crippen LogP) is 5.91. The van der Waals surface area contributed by atoms with Gasteiger partial charge >= 0.3 is 0 Å². The third-order valence-corrected chi connectivity index (χ3v) is 3.82. The number of hydrogen-bond donors (Lipinski definition) is 1. The first kappa shape index (κ1) is 19.0. The Hall–Kier alpha value is -0.0400. The zero-order chi connectivity index (χ0) is 14.3. The van der Waals surface area contributed by atoms with Gasteiger partial charge < -0.3 is 5.11 Å². The van der Waals surface area contributed by atoms with E-state index in [9.17, 15) is 0 Å². The maximum atomic E-state index is 9.03. The van der Waals surface area contributed by atoms with Crippen LogP contribution in [0.1, 0.15) is 97.3 Å². The van der Waals surface area contributed by atoms with Crippen molar-refractivity contribution in [3.8, 4) is 0 Å². The summed E-state index contributed by atoms with van der Waals surface area (Å²) in [6.07, 6.45) is 17.0. The number of aliphatic hydroxyl groups excluding tert-OH is 1. The highest BCUT2D eigenvalue weighted by atomic mass is 16.3. The van der Waals surface area contributed by atoms with E-state index >= 15 is 0 Å². The first-order valence-corrected chi connectivity index (χ1v) is 8.64. The van der Waals surface area contributed by atoms with Gasteiger partial charge in [-0.1, -0.05) is 90.9 Å². The molecule has 115 valence electrons. The van der Waals surface area contributed by atoms with Crippen molar-refractivity contribution in [1.82, 2.24) is 0 Å². The lowest BCUT2D eigenvalue weighted by Crippen LogP contribution is -1.98. The average Bonchev–Trinajstić information content (AvgIpc) is 2.34. The molecule has 0 heterocycles. The van der Waals surface area contributed by atoms with Crippen molar-refractivity contribution in [2.75, 3.05) is 0 Å². The van der Waals surface area contributed by atoms with Crippen molar-refractivity contribution in [3.05, 3.63) is 6.92 Å². The second-order valence-corrected chi connectivity index (χ2v) is 6.51. The quantitative estimate of drug-likeness (QED) is 0.389. The Morgan fingerprint density at radius 3 is 1.26 bits per heavy atom. The van der Waals surface area contributed by atoms with Crippen molar-refractivity contribution in [1.29, 1.82) is 0 Å². The fraction of sp³-hybridized carbons (Fsp3) is 0.944. The Kier molecular flexibility index (Phi) is 14.3. The topological polar surface area (TPSA) is 20.2 Å². The van der Waals surface area contributed by atoms with Gasteiger partial charge in [-0.3, -0.25) is 0 Å². The molecule has 0 aromatic heterocycles. The number of aliphatic hydroxyl groups is 1. The van der Waals surface area contributed by atoms with Gasteiger partial charge in [0, 0.05) is 0 Å². The largest absolute Gasteiger partial charge is 0.393 e. The minimum absolute atomic E-state index is 0.351. The van der Waals surface area contributed by atoms with Crippen LogP contribution in [0.4, 0.5) is 0 Å². The minimum atomic E-state index is -0.351. The zero-order valence-electron chi connectivity index (χ0n) is 13.5. The summed E-state index contributed by atoms with van der Waals surface area (Å²) >= 11 is 0. The smallest absolute Gasteiger partial charge is 0.0541 e. The third-order valence-electron chi connectivity index (χ3n) is 3.82. The summed E-state index contributed by atoms with van der Waals surface area (Å²) in [4.78, 5) is 0. The number of rotatable bonds is 14. The van der Waals surface area contributed by atoms with Crippen molar-refractivity contribution in [2.24, 2.45) is 5.92 Å². The first-order chi connectivity index (χ1) is 9.13. The summed E-state index contributed by atoms with van der Waals surface area (Å²) in [5.74, 6) is 0.879. The third kappa shape index (κ3) is 18.0. The summed E-state index contributed by atoms with van der Waals surface area (Å²) in [5, 5.41) is 9.03. The molecule has 0 aromatic rings. The lowest BCUT2D eigenvalue weighted by molar-refractivity contribution is 0.205. The van der Waals surface area contributed by atoms with Crippen LogP contribution in [0.25, 0.3) is 0 Å². The molecule has 0 saturated heterocycles. The van der Waals surface area contributed by atoms with Crippen LogP contribution < -0.4 is 0 Å². The van der Waals surface area contributed by atoms with Gasteiger partial charge in [0.05, 0.1) is 6.10 Å². The SMILES string of the molecule is [CH2]C(O)CCCCCCCCCCCCCC(C)C. The molecule has 0 aliphatic carbocycles. The molecule has 0 spiro atoms. The standard InChI is InChI=1S/C18H37O/c1-17(2)15-13-11-9-7-5-4-6-8-10-12-14-16-18(3)19/h17-19H,3-16H2,1-2H3. The summed E-state index contributed by atoms with van der Waals surface area (Å²) in [5.41, 5.74) is 0. The molecule has 1 radical (unpaired) electrons. The Morgan fingerprint density at radius 2 is 0.947 bits per heavy atom. The Bertz CT molecular complexity index is 145. The highest BCUT2D eigenvalue weighted by molar-refractivity contribution is 4.56. The van der Waals surface area contributed by atoms with E-state index in [1.807, 2.05) is 0 Å². The van der Waals surface area contributed by atoms with Gasteiger partial charge in [-0.05, 0) is 19.3 Å². The van der Waals surface area contributed by atoms with E-state index in [-0.39, 0.29) is 6.10 Å². The molecule has 1 N–H and O–H groups in total. The van der Waals surface area contributed by atoms with Crippen LogP contribution in [0, 0.1) is 12.8 Å². The molecule has 0 saturated carbocycles. The lowest BCUT2D eigenvalue weighted by atomic mass is 10.0. The molecule has 0 aliphatic heterocycles. The van der Waals surface area contributed by atoms with E-state index in [4.69, 9.17) is 5.11 Å². The predicted molar refractivity (Wildman–Crippen MR) is 86.2 cm³/mol. The van der Waals surface area contributed by atoms with Crippen molar-refractivity contribution < 1.29 is 5.11 Å². The molecule has 1 unspecified atom stereocenters. The second kappa shape index (κ2) is 14.4. The van der Waals surface area contributed by atoms with E-state index in [1.165, 1.54) is 70.6 Å². The Morgan fingerprint density at radius 1 is 0.632 bits per heavy atom. The number of hydrogen-bond acceptors (Lipinski definition) is 1. The van der Waals surface area contributed by atoms with E-state index in [0.717, 1.165) is 18.8 Å². The first-order valence-electron chi connectivity index (χ1n) is 8.64. The van der Waals surface area contributed by atoms with Crippen LogP contribution in [0.3, 0.4) is 0 Å².